The molecule has 0 radical (unpaired) electrons. The highest BCUT2D eigenvalue weighted by Crippen LogP contribution is 2.06. The third kappa shape index (κ3) is 4.80. The van der Waals surface area contributed by atoms with Crippen LogP contribution in [-0.4, -0.2) is 57.0 Å². The molecule has 1 saturated heterocycles. The van der Waals surface area contributed by atoms with E-state index in [4.69, 9.17) is 0 Å². The van der Waals surface area contributed by atoms with E-state index in [1.807, 2.05) is 0 Å². The first-order chi connectivity index (χ1) is 7.57. The fourth-order valence-corrected chi connectivity index (χ4v) is 3.63. The van der Waals surface area contributed by atoms with Gasteiger partial charge in [0.2, 0.25) is 0 Å². The molecule has 1 rings (SSSR count). The largest absolute Gasteiger partial charge is 0.312 e. The molecule has 1 aliphatic heterocycles. The predicted octanol–water partition coefficient (Wildman–Crippen LogP) is 0.495. The molecule has 96 valence electrons. The van der Waals surface area contributed by atoms with Crippen LogP contribution in [0.15, 0.2) is 0 Å². The molecule has 1 atom stereocenters. The molecule has 5 heteroatoms. The Bertz CT molecular complexity index is 290. The lowest BCUT2D eigenvalue weighted by Gasteiger charge is -2.27. The molecule has 0 amide bonds. The van der Waals surface area contributed by atoms with Gasteiger partial charge in [0.15, 0.2) is 9.84 Å². The first kappa shape index (κ1) is 13.9. The zero-order valence-corrected chi connectivity index (χ0v) is 11.2. The monoisotopic (exact) mass is 248 g/mol. The van der Waals surface area contributed by atoms with Gasteiger partial charge in [0.25, 0.3) is 0 Å². The Morgan fingerprint density at radius 1 is 1.31 bits per heavy atom. The molecule has 0 aromatic heterocycles. The molecule has 4 nitrogen and oxygen atoms in total. The lowest BCUT2D eigenvalue weighted by molar-refractivity contribution is 0.271. The van der Waals surface area contributed by atoms with Gasteiger partial charge in [0.05, 0.1) is 11.5 Å². The van der Waals surface area contributed by atoms with Crippen molar-refractivity contribution in [3.63, 3.8) is 0 Å². The summed E-state index contributed by atoms with van der Waals surface area (Å²) in [5.74, 6) is 0.618. The molecule has 16 heavy (non-hydrogen) atoms. The van der Waals surface area contributed by atoms with E-state index in [1.165, 1.54) is 0 Å². The van der Waals surface area contributed by atoms with Crippen molar-refractivity contribution in [1.29, 1.82) is 0 Å². The van der Waals surface area contributed by atoms with Crippen LogP contribution in [0.25, 0.3) is 0 Å². The lowest BCUT2D eigenvalue weighted by atomic mass is 10.2. The maximum absolute atomic E-state index is 11.4. The van der Waals surface area contributed by atoms with E-state index in [-0.39, 0.29) is 6.04 Å². The Morgan fingerprint density at radius 2 is 2.06 bits per heavy atom. The maximum Gasteiger partial charge on any atom is 0.153 e. The molecule has 0 aromatic rings. The molecule has 1 N–H and O–H groups in total. The van der Waals surface area contributed by atoms with Crippen LogP contribution in [0.5, 0.6) is 0 Å². The third-order valence-electron chi connectivity index (χ3n) is 3.08. The maximum atomic E-state index is 11.4. The average molecular weight is 248 g/mol. The van der Waals surface area contributed by atoms with E-state index in [0.29, 0.717) is 18.1 Å². The van der Waals surface area contributed by atoms with Gasteiger partial charge in [-0.2, -0.15) is 0 Å². The lowest BCUT2D eigenvalue weighted by Crippen LogP contribution is -2.46. The molecule has 1 heterocycles. The topological polar surface area (TPSA) is 49.4 Å². The van der Waals surface area contributed by atoms with Gasteiger partial charge in [-0.3, -0.25) is 0 Å². The quantitative estimate of drug-likeness (QED) is 0.743. The molecule has 0 saturated carbocycles. The van der Waals surface area contributed by atoms with Crippen molar-refractivity contribution >= 4 is 9.84 Å². The van der Waals surface area contributed by atoms with Crippen LogP contribution in [-0.2, 0) is 9.84 Å². The number of rotatable bonds is 6. The van der Waals surface area contributed by atoms with Gasteiger partial charge in [-0.05, 0) is 32.5 Å². The fraction of sp³-hybridized carbons (Fsp3) is 1.00. The zero-order valence-electron chi connectivity index (χ0n) is 10.4. The summed E-state index contributed by atoms with van der Waals surface area (Å²) in [5.41, 5.74) is 0. The van der Waals surface area contributed by atoms with Crippen LogP contribution in [0, 0.1) is 0 Å². The Hall–Kier alpha value is -0.130. The molecule has 0 bridgehead atoms. The normalized spacial score (nSPS) is 24.8. The van der Waals surface area contributed by atoms with Gasteiger partial charge in [0.1, 0.15) is 0 Å². The summed E-state index contributed by atoms with van der Waals surface area (Å²) < 4.78 is 22.9. The van der Waals surface area contributed by atoms with Gasteiger partial charge in [-0.15, -0.1) is 0 Å². The number of hydrogen-bond donors (Lipinski definition) is 1. The van der Waals surface area contributed by atoms with Gasteiger partial charge >= 0.3 is 0 Å². The van der Waals surface area contributed by atoms with Crippen LogP contribution < -0.4 is 5.32 Å². The second kappa shape index (κ2) is 6.57. The van der Waals surface area contributed by atoms with E-state index in [0.717, 1.165) is 32.5 Å². The van der Waals surface area contributed by atoms with Crippen LogP contribution in [0.1, 0.15) is 26.7 Å². The third-order valence-corrected chi connectivity index (χ3v) is 4.82. The van der Waals surface area contributed by atoms with Crippen LogP contribution in [0.4, 0.5) is 0 Å². The second-order valence-corrected chi connectivity index (χ2v) is 6.72. The van der Waals surface area contributed by atoms with Gasteiger partial charge in [-0.1, -0.05) is 13.8 Å². The second-order valence-electron chi connectivity index (χ2n) is 4.49. The molecule has 1 unspecified atom stereocenters. The Balaban J connectivity index is 2.31. The van der Waals surface area contributed by atoms with E-state index in [2.05, 4.69) is 24.1 Å². The summed E-state index contributed by atoms with van der Waals surface area (Å²) in [6, 6.07) is 0.157. The van der Waals surface area contributed by atoms with Crippen molar-refractivity contribution in [3.8, 4) is 0 Å². The van der Waals surface area contributed by atoms with Crippen LogP contribution >= 0.6 is 0 Å². The summed E-state index contributed by atoms with van der Waals surface area (Å²) >= 11 is 0. The van der Waals surface area contributed by atoms with Gasteiger partial charge < -0.3 is 10.2 Å². The summed E-state index contributed by atoms with van der Waals surface area (Å²) in [7, 11) is -2.78. The average Bonchev–Trinajstić information content (AvgIpc) is 2.23. The molecule has 1 fully saturated rings. The highest BCUT2D eigenvalue weighted by molar-refractivity contribution is 7.91. The minimum Gasteiger partial charge on any atom is -0.312 e. The Labute approximate surface area is 99.3 Å². The number of nitrogens with zero attached hydrogens (tertiary/aromatic N) is 1. The summed E-state index contributed by atoms with van der Waals surface area (Å²) in [4.78, 5) is 2.38. The van der Waals surface area contributed by atoms with E-state index in [9.17, 15) is 8.42 Å². The predicted molar refractivity (Wildman–Crippen MR) is 67.5 cm³/mol. The molecule has 0 aliphatic carbocycles. The standard InChI is InChI=1S/C11H24N2O2S/c1-3-7-13(4-2)8-5-11-10-16(14,15)9-6-12-11/h11-12H,3-10H2,1-2H3. The number of sulfone groups is 1. The van der Waals surface area contributed by atoms with Gasteiger partial charge in [-0.25, -0.2) is 8.42 Å². The SMILES string of the molecule is CCCN(CC)CCC1CS(=O)(=O)CCN1. The van der Waals surface area contributed by atoms with E-state index in [1.54, 1.807) is 0 Å². The minimum atomic E-state index is -2.78. The summed E-state index contributed by atoms with van der Waals surface area (Å²) in [6.45, 7) is 8.10. The van der Waals surface area contributed by atoms with Crippen molar-refractivity contribution in [2.24, 2.45) is 0 Å². The minimum absolute atomic E-state index is 0.157. The highest BCUT2D eigenvalue weighted by atomic mass is 32.2. The number of nitrogens with one attached hydrogen (secondary N) is 1. The van der Waals surface area contributed by atoms with Crippen molar-refractivity contribution in [1.82, 2.24) is 10.2 Å². The zero-order chi connectivity index (χ0) is 12.0. The smallest absolute Gasteiger partial charge is 0.153 e. The van der Waals surface area contributed by atoms with Crippen LogP contribution in [0.2, 0.25) is 0 Å². The fourth-order valence-electron chi connectivity index (χ4n) is 2.14. The first-order valence-corrected chi connectivity index (χ1v) is 8.05. The van der Waals surface area contributed by atoms with Crippen molar-refractivity contribution in [2.75, 3.05) is 37.7 Å². The molecular formula is C11H24N2O2S. The highest BCUT2D eigenvalue weighted by Gasteiger charge is 2.24. The van der Waals surface area contributed by atoms with E-state index >= 15 is 0 Å². The van der Waals surface area contributed by atoms with Crippen LogP contribution in [0.3, 0.4) is 0 Å². The van der Waals surface area contributed by atoms with Crippen molar-refractivity contribution in [3.05, 3.63) is 0 Å². The summed E-state index contributed by atoms with van der Waals surface area (Å²) in [6.07, 6.45) is 2.09. The van der Waals surface area contributed by atoms with Crippen molar-refractivity contribution < 1.29 is 8.42 Å². The molecular weight excluding hydrogens is 224 g/mol. The Morgan fingerprint density at radius 3 is 2.62 bits per heavy atom. The van der Waals surface area contributed by atoms with E-state index < -0.39 is 9.84 Å². The van der Waals surface area contributed by atoms with Crippen molar-refractivity contribution in [2.45, 2.75) is 32.7 Å². The van der Waals surface area contributed by atoms with Gasteiger partial charge in [0, 0.05) is 12.6 Å². The molecule has 0 spiro atoms. The Kier molecular flexibility index (Phi) is 5.72. The number of hydrogen-bond acceptors (Lipinski definition) is 4. The molecule has 0 aromatic carbocycles. The summed E-state index contributed by atoms with van der Waals surface area (Å²) in [5, 5.41) is 3.29. The molecule has 1 aliphatic rings. The first-order valence-electron chi connectivity index (χ1n) is 6.23.